The van der Waals surface area contributed by atoms with Crippen molar-refractivity contribution >= 4 is 16.0 Å². The van der Waals surface area contributed by atoms with Crippen LogP contribution in [0.1, 0.15) is 29.0 Å². The molecule has 0 spiro atoms. The molecular formula is C13H20N2O5S. The number of nitrogens with zero attached hydrogens (tertiary/aromatic N) is 1. The van der Waals surface area contributed by atoms with Crippen molar-refractivity contribution in [2.45, 2.75) is 30.8 Å². The van der Waals surface area contributed by atoms with Gasteiger partial charge in [0.1, 0.15) is 10.6 Å². The third-order valence-electron chi connectivity index (χ3n) is 3.70. The molecule has 1 aromatic heterocycles. The predicted molar refractivity (Wildman–Crippen MR) is 75.7 cm³/mol. The first-order valence-electron chi connectivity index (χ1n) is 6.72. The molecule has 0 unspecified atom stereocenters. The van der Waals surface area contributed by atoms with Crippen molar-refractivity contribution in [2.75, 3.05) is 20.3 Å². The van der Waals surface area contributed by atoms with Crippen molar-refractivity contribution in [3.8, 4) is 0 Å². The summed E-state index contributed by atoms with van der Waals surface area (Å²) in [4.78, 5) is 11.7. The summed E-state index contributed by atoms with van der Waals surface area (Å²) in [7, 11) is -0.796. The maximum absolute atomic E-state index is 12.4. The van der Waals surface area contributed by atoms with Crippen LogP contribution in [0.3, 0.4) is 0 Å². The molecule has 2 heterocycles. The molecular weight excluding hydrogens is 296 g/mol. The number of esters is 1. The molecule has 1 atom stereocenters. The normalized spacial score (nSPS) is 18.9. The van der Waals surface area contributed by atoms with E-state index in [1.165, 1.54) is 17.7 Å². The van der Waals surface area contributed by atoms with Crippen molar-refractivity contribution in [3.63, 3.8) is 0 Å². The summed E-state index contributed by atoms with van der Waals surface area (Å²) in [5.74, 6) is -0.568. The highest BCUT2D eigenvalue weighted by Crippen LogP contribution is 2.20. The third kappa shape index (κ3) is 3.28. The van der Waals surface area contributed by atoms with E-state index in [0.29, 0.717) is 12.3 Å². The van der Waals surface area contributed by atoms with E-state index in [1.54, 1.807) is 14.0 Å². The van der Waals surface area contributed by atoms with E-state index in [1.807, 2.05) is 0 Å². The first-order chi connectivity index (χ1) is 9.86. The molecule has 1 saturated heterocycles. The number of rotatable bonds is 5. The van der Waals surface area contributed by atoms with Crippen molar-refractivity contribution in [3.05, 3.63) is 17.5 Å². The lowest BCUT2D eigenvalue weighted by molar-refractivity contribution is 0.0589. The van der Waals surface area contributed by atoms with Crippen LogP contribution in [0.5, 0.6) is 0 Å². The summed E-state index contributed by atoms with van der Waals surface area (Å²) in [6.07, 6.45) is 1.72. The van der Waals surface area contributed by atoms with Gasteiger partial charge in [-0.25, -0.2) is 17.9 Å². The van der Waals surface area contributed by atoms with Gasteiger partial charge in [-0.3, -0.25) is 0 Å². The largest absolute Gasteiger partial charge is 0.464 e. The number of aromatic nitrogens is 1. The van der Waals surface area contributed by atoms with Crippen LogP contribution in [-0.2, 0) is 26.5 Å². The molecule has 1 aliphatic rings. The van der Waals surface area contributed by atoms with Crippen molar-refractivity contribution in [2.24, 2.45) is 7.05 Å². The molecule has 1 aromatic rings. The van der Waals surface area contributed by atoms with E-state index in [0.717, 1.165) is 12.8 Å². The Morgan fingerprint density at radius 2 is 2.29 bits per heavy atom. The van der Waals surface area contributed by atoms with Gasteiger partial charge in [0.05, 0.1) is 13.2 Å². The maximum Gasteiger partial charge on any atom is 0.354 e. The molecule has 1 aliphatic heterocycles. The molecule has 2 rings (SSSR count). The average Bonchev–Trinajstić information content (AvgIpc) is 3.06. The Labute approximate surface area is 124 Å². The molecule has 118 valence electrons. The molecule has 7 nitrogen and oxygen atoms in total. The van der Waals surface area contributed by atoms with E-state index in [2.05, 4.69) is 9.46 Å². The van der Waals surface area contributed by atoms with Gasteiger partial charge in [0, 0.05) is 25.9 Å². The van der Waals surface area contributed by atoms with Gasteiger partial charge in [-0.15, -0.1) is 0 Å². The van der Waals surface area contributed by atoms with Gasteiger partial charge in [0.2, 0.25) is 10.0 Å². The molecule has 8 heteroatoms. The van der Waals surface area contributed by atoms with Gasteiger partial charge in [-0.2, -0.15) is 0 Å². The van der Waals surface area contributed by atoms with E-state index in [-0.39, 0.29) is 23.2 Å². The molecule has 0 saturated carbocycles. The molecule has 21 heavy (non-hydrogen) atoms. The third-order valence-corrected chi connectivity index (χ3v) is 5.24. The predicted octanol–water partition coefficient (Wildman–Crippen LogP) is 0.577. The average molecular weight is 316 g/mol. The Morgan fingerprint density at radius 3 is 2.86 bits per heavy atom. The SMILES string of the molecule is COC(=O)c1cc(S(=O)(=O)NC[C@H]2CCCO2)c(C)n1C. The molecule has 1 N–H and O–H groups in total. The molecule has 0 aliphatic carbocycles. The second-order valence-corrected chi connectivity index (χ2v) is 6.75. The van der Waals surface area contributed by atoms with Crippen LogP contribution in [0.2, 0.25) is 0 Å². The van der Waals surface area contributed by atoms with E-state index in [4.69, 9.17) is 4.74 Å². The first kappa shape index (κ1) is 16.0. The maximum atomic E-state index is 12.4. The minimum atomic E-state index is -3.68. The number of methoxy groups -OCH3 is 1. The van der Waals surface area contributed by atoms with Gasteiger partial charge < -0.3 is 14.0 Å². The summed E-state index contributed by atoms with van der Waals surface area (Å²) >= 11 is 0. The Kier molecular flexibility index (Phi) is 4.70. The Morgan fingerprint density at radius 1 is 1.57 bits per heavy atom. The fraction of sp³-hybridized carbons (Fsp3) is 0.615. The second-order valence-electron chi connectivity index (χ2n) is 5.02. The quantitative estimate of drug-likeness (QED) is 0.803. The highest BCUT2D eigenvalue weighted by molar-refractivity contribution is 7.89. The Balaban J connectivity index is 2.21. The number of ether oxygens (including phenoxy) is 2. The van der Waals surface area contributed by atoms with Crippen LogP contribution in [0.15, 0.2) is 11.0 Å². The van der Waals surface area contributed by atoms with Crippen LogP contribution in [0.25, 0.3) is 0 Å². The van der Waals surface area contributed by atoms with Crippen LogP contribution < -0.4 is 4.72 Å². The van der Waals surface area contributed by atoms with Crippen LogP contribution in [0, 0.1) is 6.92 Å². The smallest absolute Gasteiger partial charge is 0.354 e. The summed E-state index contributed by atoms with van der Waals surface area (Å²) in [6.45, 7) is 2.56. The lowest BCUT2D eigenvalue weighted by atomic mass is 10.2. The lowest BCUT2D eigenvalue weighted by Crippen LogP contribution is -2.32. The van der Waals surface area contributed by atoms with Gasteiger partial charge in [-0.05, 0) is 25.8 Å². The van der Waals surface area contributed by atoms with Crippen LogP contribution >= 0.6 is 0 Å². The van der Waals surface area contributed by atoms with Gasteiger partial charge in [0.15, 0.2) is 0 Å². The lowest BCUT2D eigenvalue weighted by Gasteiger charge is -2.11. The zero-order valence-electron chi connectivity index (χ0n) is 12.4. The van der Waals surface area contributed by atoms with Crippen molar-refractivity contribution < 1.29 is 22.7 Å². The van der Waals surface area contributed by atoms with Gasteiger partial charge in [-0.1, -0.05) is 0 Å². The first-order valence-corrected chi connectivity index (χ1v) is 8.21. The fourth-order valence-electron chi connectivity index (χ4n) is 2.33. The number of nitrogens with one attached hydrogen (secondary N) is 1. The summed E-state index contributed by atoms with van der Waals surface area (Å²) in [5, 5.41) is 0. The van der Waals surface area contributed by atoms with Crippen molar-refractivity contribution in [1.29, 1.82) is 0 Å². The number of sulfonamides is 1. The number of hydrogen-bond donors (Lipinski definition) is 1. The van der Waals surface area contributed by atoms with Crippen LogP contribution in [-0.4, -0.2) is 45.3 Å². The van der Waals surface area contributed by atoms with Crippen LogP contribution in [0.4, 0.5) is 0 Å². The van der Waals surface area contributed by atoms with E-state index < -0.39 is 16.0 Å². The standard InChI is InChI=1S/C13H20N2O5S/c1-9-12(7-11(15(9)2)13(16)19-3)21(17,18)14-8-10-5-4-6-20-10/h7,10,14H,4-6,8H2,1-3H3/t10-/m1/s1. The summed E-state index contributed by atoms with van der Waals surface area (Å²) < 4.78 is 38.8. The van der Waals surface area contributed by atoms with Crippen molar-refractivity contribution in [1.82, 2.24) is 9.29 Å². The second kappa shape index (κ2) is 6.17. The van der Waals surface area contributed by atoms with Gasteiger partial charge in [0.25, 0.3) is 0 Å². The highest BCUT2D eigenvalue weighted by Gasteiger charge is 2.26. The highest BCUT2D eigenvalue weighted by atomic mass is 32.2. The minimum absolute atomic E-state index is 0.0797. The van der Waals surface area contributed by atoms with E-state index >= 15 is 0 Å². The molecule has 0 aromatic carbocycles. The Hall–Kier alpha value is -1.38. The summed E-state index contributed by atoms with van der Waals surface area (Å²) in [6, 6.07) is 1.33. The van der Waals surface area contributed by atoms with E-state index in [9.17, 15) is 13.2 Å². The number of carbonyl (C=O) groups is 1. The Bertz CT molecular complexity index is 629. The zero-order chi connectivity index (χ0) is 15.6. The minimum Gasteiger partial charge on any atom is -0.464 e. The summed E-state index contributed by atoms with van der Waals surface area (Å²) in [5.41, 5.74) is 0.683. The van der Waals surface area contributed by atoms with Gasteiger partial charge >= 0.3 is 5.97 Å². The monoisotopic (exact) mass is 316 g/mol. The molecule has 0 bridgehead atoms. The zero-order valence-corrected chi connectivity index (χ0v) is 13.2. The number of hydrogen-bond acceptors (Lipinski definition) is 5. The number of carbonyl (C=O) groups excluding carboxylic acids is 1. The topological polar surface area (TPSA) is 86.6 Å². The molecule has 1 fully saturated rings. The molecule has 0 amide bonds. The fourth-order valence-corrected chi connectivity index (χ4v) is 3.68. The molecule has 0 radical (unpaired) electrons.